The molecular weight excluding hydrogens is 356 g/mol. The fourth-order valence-electron chi connectivity index (χ4n) is 2.81. The van der Waals surface area contributed by atoms with Gasteiger partial charge >= 0.3 is 6.03 Å². The van der Waals surface area contributed by atoms with Gasteiger partial charge < -0.3 is 20.3 Å². The maximum Gasteiger partial charge on any atom is 0.321 e. The molecule has 2 rings (SSSR count). The van der Waals surface area contributed by atoms with E-state index in [2.05, 4.69) is 22.1 Å². The largest absolute Gasteiger partial charge is 0.489 e. The lowest BCUT2D eigenvalue weighted by molar-refractivity contribution is -0.123. The molecule has 1 fully saturated rings. The Morgan fingerprint density at radius 2 is 1.96 bits per heavy atom. The van der Waals surface area contributed by atoms with Crippen LogP contribution >= 0.6 is 0 Å². The van der Waals surface area contributed by atoms with E-state index < -0.39 is 0 Å². The molecule has 7 heteroatoms. The van der Waals surface area contributed by atoms with Crippen LogP contribution in [0, 0.1) is 0 Å². The maximum atomic E-state index is 12.5. The monoisotopic (exact) mass is 388 g/mol. The third-order valence-electron chi connectivity index (χ3n) is 4.62. The van der Waals surface area contributed by atoms with Gasteiger partial charge in [0.2, 0.25) is 5.91 Å². The van der Waals surface area contributed by atoms with Crippen LogP contribution in [-0.2, 0) is 4.79 Å². The highest BCUT2D eigenvalue weighted by atomic mass is 16.5. The van der Waals surface area contributed by atoms with Gasteiger partial charge in [-0.3, -0.25) is 9.69 Å². The van der Waals surface area contributed by atoms with E-state index in [1.807, 2.05) is 39.0 Å². The fraction of sp³-hybridized carbons (Fsp3) is 0.524. The quantitative estimate of drug-likeness (QED) is 0.672. The number of nitrogens with zero attached hydrogens (tertiary/aromatic N) is 2. The molecule has 154 valence electrons. The van der Waals surface area contributed by atoms with Gasteiger partial charge in [-0.2, -0.15) is 0 Å². The predicted molar refractivity (Wildman–Crippen MR) is 112 cm³/mol. The van der Waals surface area contributed by atoms with E-state index in [1.54, 1.807) is 11.0 Å². The normalized spacial score (nSPS) is 15.6. The van der Waals surface area contributed by atoms with Crippen LogP contribution < -0.4 is 15.4 Å². The van der Waals surface area contributed by atoms with Crippen molar-refractivity contribution in [3.63, 3.8) is 0 Å². The number of hydrogen-bond donors (Lipinski definition) is 2. The third-order valence-corrected chi connectivity index (χ3v) is 4.62. The Morgan fingerprint density at radius 1 is 1.25 bits per heavy atom. The zero-order chi connectivity index (χ0) is 20.5. The molecule has 1 aliphatic heterocycles. The lowest BCUT2D eigenvalue weighted by atomic mass is 10.2. The Bertz CT molecular complexity index is 684. The first kappa shape index (κ1) is 21.8. The zero-order valence-corrected chi connectivity index (χ0v) is 17.2. The second-order valence-corrected chi connectivity index (χ2v) is 7.34. The van der Waals surface area contributed by atoms with Crippen LogP contribution in [-0.4, -0.2) is 67.1 Å². The van der Waals surface area contributed by atoms with Gasteiger partial charge in [-0.15, -0.1) is 0 Å². The molecule has 1 unspecified atom stereocenters. The van der Waals surface area contributed by atoms with Gasteiger partial charge in [-0.05, 0) is 38.0 Å². The Kier molecular flexibility index (Phi) is 8.32. The van der Waals surface area contributed by atoms with Gasteiger partial charge in [-0.1, -0.05) is 19.6 Å². The summed E-state index contributed by atoms with van der Waals surface area (Å²) in [7, 11) is 0. The first-order chi connectivity index (χ1) is 13.4. The molecule has 2 N–H and O–H groups in total. The molecule has 1 atom stereocenters. The molecule has 3 amide bonds. The smallest absolute Gasteiger partial charge is 0.321 e. The number of carbonyl (C=O) groups excluding carboxylic acids is 2. The van der Waals surface area contributed by atoms with Crippen LogP contribution in [0.3, 0.4) is 0 Å². The lowest BCUT2D eigenvalue weighted by Gasteiger charge is -2.34. The summed E-state index contributed by atoms with van der Waals surface area (Å²) in [5.74, 6) is 0.733. The Balaban J connectivity index is 1.78. The molecule has 0 bridgehead atoms. The molecular formula is C21H32N4O3. The predicted octanol–water partition coefficient (Wildman–Crippen LogP) is 2.71. The van der Waals surface area contributed by atoms with Crippen molar-refractivity contribution < 1.29 is 14.3 Å². The van der Waals surface area contributed by atoms with Crippen molar-refractivity contribution in [2.75, 3.05) is 44.6 Å². The van der Waals surface area contributed by atoms with E-state index in [-0.39, 0.29) is 18.0 Å². The van der Waals surface area contributed by atoms with Gasteiger partial charge in [0.05, 0.1) is 6.54 Å². The molecule has 1 aromatic rings. The number of piperazine rings is 1. The third kappa shape index (κ3) is 7.23. The van der Waals surface area contributed by atoms with E-state index in [9.17, 15) is 9.59 Å². The zero-order valence-electron chi connectivity index (χ0n) is 17.2. The van der Waals surface area contributed by atoms with E-state index in [0.29, 0.717) is 50.8 Å². The Labute approximate surface area is 167 Å². The van der Waals surface area contributed by atoms with Crippen LogP contribution in [0.15, 0.2) is 36.4 Å². The van der Waals surface area contributed by atoms with Gasteiger partial charge in [0.15, 0.2) is 0 Å². The fourth-order valence-corrected chi connectivity index (χ4v) is 2.81. The number of amides is 3. The number of urea groups is 1. The molecule has 28 heavy (non-hydrogen) atoms. The summed E-state index contributed by atoms with van der Waals surface area (Å²) in [6.07, 6.45) is 0.916. The first-order valence-corrected chi connectivity index (χ1v) is 9.82. The first-order valence-electron chi connectivity index (χ1n) is 9.82. The van der Waals surface area contributed by atoms with Crippen molar-refractivity contribution in [3.8, 4) is 5.75 Å². The maximum absolute atomic E-state index is 12.5. The summed E-state index contributed by atoms with van der Waals surface area (Å²) in [6.45, 7) is 13.1. The number of hydrogen-bond acceptors (Lipinski definition) is 4. The lowest BCUT2D eigenvalue weighted by Crippen LogP contribution is -2.52. The molecule has 0 spiro atoms. The van der Waals surface area contributed by atoms with Gasteiger partial charge in [0, 0.05) is 44.0 Å². The van der Waals surface area contributed by atoms with Crippen LogP contribution in [0.5, 0.6) is 5.75 Å². The van der Waals surface area contributed by atoms with E-state index >= 15 is 0 Å². The van der Waals surface area contributed by atoms with Crippen molar-refractivity contribution in [2.24, 2.45) is 0 Å². The van der Waals surface area contributed by atoms with Gasteiger partial charge in [0.25, 0.3) is 0 Å². The summed E-state index contributed by atoms with van der Waals surface area (Å²) in [5, 5.41) is 5.89. The second kappa shape index (κ2) is 10.7. The van der Waals surface area contributed by atoms with Crippen molar-refractivity contribution >= 4 is 17.6 Å². The highest BCUT2D eigenvalue weighted by Crippen LogP contribution is 2.18. The van der Waals surface area contributed by atoms with Crippen LogP contribution in [0.25, 0.3) is 0 Å². The number of benzene rings is 1. The Hall–Kier alpha value is -2.54. The molecule has 0 aliphatic carbocycles. The molecule has 1 saturated heterocycles. The number of ether oxygens (including phenoxy) is 1. The number of nitrogens with one attached hydrogen (secondary N) is 2. The van der Waals surface area contributed by atoms with Crippen molar-refractivity contribution in [1.29, 1.82) is 0 Å². The van der Waals surface area contributed by atoms with Crippen LogP contribution in [0.4, 0.5) is 10.5 Å². The summed E-state index contributed by atoms with van der Waals surface area (Å²) < 4.78 is 5.61. The van der Waals surface area contributed by atoms with Crippen LogP contribution in [0.1, 0.15) is 27.2 Å². The minimum absolute atomic E-state index is 0.0406. The standard InChI is InChI=1S/C21H32N4O3/c1-5-17(4)22-20(26)14-24-9-11-25(12-10-24)21(27)23-18-7-6-8-19(13-18)28-15-16(2)3/h6-8,13,17H,2,5,9-12,14-15H2,1,3-4H3,(H,22,26)(H,23,27). The summed E-state index contributed by atoms with van der Waals surface area (Å²) >= 11 is 0. The summed E-state index contributed by atoms with van der Waals surface area (Å²) in [4.78, 5) is 28.4. The number of carbonyl (C=O) groups is 2. The molecule has 1 aliphatic rings. The topological polar surface area (TPSA) is 73.9 Å². The summed E-state index contributed by atoms with van der Waals surface area (Å²) in [5.41, 5.74) is 1.63. The van der Waals surface area contributed by atoms with E-state index in [1.165, 1.54) is 0 Å². The average molecular weight is 389 g/mol. The highest BCUT2D eigenvalue weighted by molar-refractivity contribution is 5.89. The van der Waals surface area contributed by atoms with Crippen molar-refractivity contribution in [3.05, 3.63) is 36.4 Å². The number of rotatable bonds is 8. The molecule has 1 aromatic carbocycles. The highest BCUT2D eigenvalue weighted by Gasteiger charge is 2.22. The van der Waals surface area contributed by atoms with E-state index in [0.717, 1.165) is 12.0 Å². The van der Waals surface area contributed by atoms with Crippen LogP contribution in [0.2, 0.25) is 0 Å². The second-order valence-electron chi connectivity index (χ2n) is 7.34. The molecule has 7 nitrogen and oxygen atoms in total. The van der Waals surface area contributed by atoms with E-state index in [4.69, 9.17) is 4.74 Å². The molecule has 0 saturated carbocycles. The Morgan fingerprint density at radius 3 is 2.61 bits per heavy atom. The van der Waals surface area contributed by atoms with Gasteiger partial charge in [-0.25, -0.2) is 4.79 Å². The molecule has 0 aromatic heterocycles. The van der Waals surface area contributed by atoms with Gasteiger partial charge in [0.1, 0.15) is 12.4 Å². The minimum Gasteiger partial charge on any atom is -0.489 e. The van der Waals surface area contributed by atoms with Crippen molar-refractivity contribution in [2.45, 2.75) is 33.2 Å². The summed E-state index contributed by atoms with van der Waals surface area (Å²) in [6, 6.07) is 7.38. The van der Waals surface area contributed by atoms with Crippen molar-refractivity contribution in [1.82, 2.24) is 15.1 Å². The average Bonchev–Trinajstić information content (AvgIpc) is 2.67. The SMILES string of the molecule is C=C(C)COc1cccc(NC(=O)N2CCN(CC(=O)NC(C)CC)CC2)c1. The minimum atomic E-state index is -0.138. The number of anilines is 1. The molecule has 1 heterocycles. The molecule has 0 radical (unpaired) electrons.